The van der Waals surface area contributed by atoms with Gasteiger partial charge in [0.2, 0.25) is 23.6 Å². The van der Waals surface area contributed by atoms with E-state index in [0.29, 0.717) is 34.2 Å². The van der Waals surface area contributed by atoms with Crippen molar-refractivity contribution in [2.75, 3.05) is 16.9 Å². The second kappa shape index (κ2) is 12.5. The standard InChI is InChI=1S/C41H34ClIN4O6S/c1-19-26-16-21(42)6-14-32(26)54-36(19)29-18-33(45(3)44-29)47-38(50)28-17-27-24(35(41(28,2)40(47)52)20-5-13-30(48)31(15-20)53-4)11-12-25-34(27)39(51)46(37(25)49)23-9-7-22(43)8-10-23/h5-11,13-16,18,25,27-28,34-35,48H,12,17H2,1-4H3/t25-,27+,28-,34-,35-,41+/m0/s1. The molecule has 13 heteroatoms. The highest BCUT2D eigenvalue weighted by Crippen LogP contribution is 2.64. The molecule has 0 spiro atoms. The van der Waals surface area contributed by atoms with Gasteiger partial charge in [0.25, 0.3) is 0 Å². The molecule has 4 heterocycles. The topological polar surface area (TPSA) is 122 Å². The SMILES string of the molecule is COc1cc([C@H]2C3=CC[C@@H]4C(=O)N(c5ccc(I)cc5)C(=O)[C@@H]4[C@@H]3C[C@H]3C(=O)N(c4cc(-c5sc6ccc(Cl)cc6c5C)nn4C)C(=O)[C@@]23C)ccc1O. The molecule has 4 amide bonds. The van der Waals surface area contributed by atoms with Gasteiger partial charge in [-0.05, 0) is 126 Å². The minimum Gasteiger partial charge on any atom is -0.504 e. The fraction of sp³-hybridized carbons (Fsp3) is 0.293. The van der Waals surface area contributed by atoms with Crippen LogP contribution in [0.3, 0.4) is 0 Å². The summed E-state index contributed by atoms with van der Waals surface area (Å²) in [6, 6.07) is 19.8. The fourth-order valence-electron chi connectivity index (χ4n) is 9.55. The second-order valence-electron chi connectivity index (χ2n) is 14.8. The number of halogens is 2. The first-order chi connectivity index (χ1) is 25.8. The van der Waals surface area contributed by atoms with Crippen molar-refractivity contribution in [3.05, 3.63) is 98.1 Å². The van der Waals surface area contributed by atoms with E-state index in [2.05, 4.69) is 22.6 Å². The van der Waals surface area contributed by atoms with Gasteiger partial charge >= 0.3 is 0 Å². The third-order valence-corrected chi connectivity index (χ3v) is 14.4. The molecule has 5 aromatic rings. The summed E-state index contributed by atoms with van der Waals surface area (Å²) in [4.78, 5) is 61.9. The summed E-state index contributed by atoms with van der Waals surface area (Å²) in [6.45, 7) is 3.84. The normalized spacial score (nSPS) is 26.3. The second-order valence-corrected chi connectivity index (χ2v) is 17.5. The number of allylic oxidation sites excluding steroid dienone is 2. The van der Waals surface area contributed by atoms with E-state index < -0.39 is 35.0 Å². The molecule has 0 unspecified atom stereocenters. The number of amides is 4. The van der Waals surface area contributed by atoms with Gasteiger partial charge in [-0.25, -0.2) is 4.90 Å². The van der Waals surface area contributed by atoms with Gasteiger partial charge in [0.05, 0.1) is 40.8 Å². The molecule has 1 N–H and O–H groups in total. The molecule has 54 heavy (non-hydrogen) atoms. The number of phenols is 1. The number of carbonyl (C=O) groups excluding carboxylic acids is 4. The van der Waals surface area contributed by atoms with Gasteiger partial charge in [-0.3, -0.25) is 28.8 Å². The van der Waals surface area contributed by atoms with Gasteiger partial charge in [0, 0.05) is 32.3 Å². The zero-order chi connectivity index (χ0) is 38.0. The molecule has 0 radical (unpaired) electrons. The highest BCUT2D eigenvalue weighted by molar-refractivity contribution is 14.1. The molecule has 3 aromatic carbocycles. The van der Waals surface area contributed by atoms with E-state index in [1.165, 1.54) is 23.0 Å². The summed E-state index contributed by atoms with van der Waals surface area (Å²) in [5.41, 5.74) is 2.40. The first-order valence-corrected chi connectivity index (χ1v) is 19.9. The molecule has 10 nitrogen and oxygen atoms in total. The summed E-state index contributed by atoms with van der Waals surface area (Å²) in [5, 5.41) is 17.0. The van der Waals surface area contributed by atoms with E-state index in [9.17, 15) is 19.5 Å². The third-order valence-electron chi connectivity index (χ3n) is 12.1. The minimum absolute atomic E-state index is 0.0607. The Bertz CT molecular complexity index is 2510. The quantitative estimate of drug-likeness (QED) is 0.108. The van der Waals surface area contributed by atoms with E-state index in [4.69, 9.17) is 21.4 Å². The summed E-state index contributed by atoms with van der Waals surface area (Å²) >= 11 is 10.1. The number of fused-ring (bicyclic) bond motifs is 5. The zero-order valence-corrected chi connectivity index (χ0v) is 33.4. The van der Waals surface area contributed by atoms with Crippen LogP contribution in [-0.2, 0) is 26.2 Å². The first kappa shape index (κ1) is 35.2. The number of phenolic OH excluding ortho intramolecular Hbond substituents is 1. The lowest BCUT2D eigenvalue weighted by Gasteiger charge is -2.49. The van der Waals surface area contributed by atoms with Gasteiger partial charge < -0.3 is 9.84 Å². The van der Waals surface area contributed by atoms with E-state index in [0.717, 1.165) is 29.7 Å². The number of hydrogen-bond donors (Lipinski definition) is 1. The van der Waals surface area contributed by atoms with E-state index in [1.54, 1.807) is 53.4 Å². The van der Waals surface area contributed by atoms with Crippen molar-refractivity contribution < 1.29 is 29.0 Å². The van der Waals surface area contributed by atoms with Crippen LogP contribution in [0.25, 0.3) is 20.7 Å². The number of methoxy groups -OCH3 is 1. The van der Waals surface area contributed by atoms with Crippen LogP contribution < -0.4 is 14.5 Å². The summed E-state index contributed by atoms with van der Waals surface area (Å²) in [7, 11) is 3.18. The van der Waals surface area contributed by atoms with E-state index >= 15 is 4.79 Å². The molecule has 2 aromatic heterocycles. The average Bonchev–Trinajstić information content (AvgIpc) is 3.82. The number of aromatic hydroxyl groups is 1. The van der Waals surface area contributed by atoms with Crippen LogP contribution >= 0.6 is 45.5 Å². The Morgan fingerprint density at radius 2 is 1.72 bits per heavy atom. The van der Waals surface area contributed by atoms with Crippen molar-refractivity contribution in [1.29, 1.82) is 0 Å². The molecule has 2 aliphatic carbocycles. The molecule has 2 aliphatic heterocycles. The number of carbonyl (C=O) groups is 4. The van der Waals surface area contributed by atoms with E-state index in [-0.39, 0.29) is 41.5 Å². The van der Waals surface area contributed by atoms with Crippen LogP contribution in [0.2, 0.25) is 5.02 Å². The van der Waals surface area contributed by atoms with Crippen molar-refractivity contribution in [2.24, 2.45) is 36.1 Å². The van der Waals surface area contributed by atoms with Crippen LogP contribution in [0.1, 0.15) is 36.8 Å². The highest BCUT2D eigenvalue weighted by Gasteiger charge is 2.68. The lowest BCUT2D eigenvalue weighted by Crippen LogP contribution is -2.48. The van der Waals surface area contributed by atoms with Crippen LogP contribution in [0.15, 0.2) is 78.4 Å². The molecule has 4 aliphatic rings. The number of hydrogen-bond acceptors (Lipinski definition) is 8. The molecule has 274 valence electrons. The molecule has 2 saturated heterocycles. The van der Waals surface area contributed by atoms with Crippen LogP contribution in [-0.4, -0.2) is 45.6 Å². The molecule has 9 rings (SSSR count). The number of benzene rings is 3. The number of imide groups is 2. The molecular formula is C41H34ClIN4O6S. The predicted octanol–water partition coefficient (Wildman–Crippen LogP) is 8.02. The lowest BCUT2D eigenvalue weighted by atomic mass is 9.51. The summed E-state index contributed by atoms with van der Waals surface area (Å²) < 4.78 is 9.11. The van der Waals surface area contributed by atoms with Crippen molar-refractivity contribution >= 4 is 90.7 Å². The van der Waals surface area contributed by atoms with Gasteiger partial charge in [-0.1, -0.05) is 29.3 Å². The molecule has 0 bridgehead atoms. The van der Waals surface area contributed by atoms with Crippen LogP contribution in [0, 0.1) is 39.6 Å². The zero-order valence-electron chi connectivity index (χ0n) is 29.7. The summed E-state index contributed by atoms with van der Waals surface area (Å²) in [5.74, 6) is -4.04. The average molecular weight is 873 g/mol. The Labute approximate surface area is 333 Å². The number of rotatable bonds is 5. The Morgan fingerprint density at radius 1 is 0.963 bits per heavy atom. The number of thiophene rings is 1. The van der Waals surface area contributed by atoms with Crippen molar-refractivity contribution in [3.8, 4) is 22.1 Å². The maximum atomic E-state index is 15.1. The van der Waals surface area contributed by atoms with E-state index in [1.807, 2.05) is 50.3 Å². The third kappa shape index (κ3) is 4.91. The van der Waals surface area contributed by atoms with Crippen LogP contribution in [0.5, 0.6) is 11.5 Å². The number of anilines is 2. The monoisotopic (exact) mass is 872 g/mol. The van der Waals surface area contributed by atoms with Crippen molar-refractivity contribution in [3.63, 3.8) is 0 Å². The lowest BCUT2D eigenvalue weighted by molar-refractivity contribution is -0.131. The van der Waals surface area contributed by atoms with Gasteiger partial charge in [0.1, 0.15) is 11.5 Å². The number of ether oxygens (including phenoxy) is 1. The number of nitrogens with zero attached hydrogens (tertiary/aromatic N) is 4. The Morgan fingerprint density at radius 3 is 2.46 bits per heavy atom. The maximum Gasteiger partial charge on any atom is 0.242 e. The Kier molecular flexibility index (Phi) is 8.15. The highest BCUT2D eigenvalue weighted by atomic mass is 127. The minimum atomic E-state index is -1.27. The van der Waals surface area contributed by atoms with Gasteiger partial charge in [-0.15, -0.1) is 11.3 Å². The van der Waals surface area contributed by atoms with Crippen molar-refractivity contribution in [2.45, 2.75) is 32.6 Å². The predicted molar refractivity (Wildman–Crippen MR) is 215 cm³/mol. The first-order valence-electron chi connectivity index (χ1n) is 17.6. The van der Waals surface area contributed by atoms with Crippen molar-refractivity contribution in [1.82, 2.24) is 9.78 Å². The Balaban J connectivity index is 1.16. The van der Waals surface area contributed by atoms with Gasteiger partial charge in [0.15, 0.2) is 11.5 Å². The van der Waals surface area contributed by atoms with Crippen LogP contribution in [0.4, 0.5) is 11.5 Å². The summed E-state index contributed by atoms with van der Waals surface area (Å²) in [6.07, 6.45) is 2.56. The molecule has 6 atom stereocenters. The largest absolute Gasteiger partial charge is 0.504 e. The smallest absolute Gasteiger partial charge is 0.242 e. The Hall–Kier alpha value is -4.53. The molecule has 1 saturated carbocycles. The van der Waals surface area contributed by atoms with Gasteiger partial charge in [-0.2, -0.15) is 5.10 Å². The number of aromatic nitrogens is 2. The molecular weight excluding hydrogens is 839 g/mol. The number of aryl methyl sites for hydroxylation is 2. The fourth-order valence-corrected chi connectivity index (χ4v) is 11.2. The molecule has 3 fully saturated rings. The maximum absolute atomic E-state index is 15.1.